The normalized spacial score (nSPS) is 24.6. The highest BCUT2D eigenvalue weighted by Crippen LogP contribution is 2.27. The lowest BCUT2D eigenvalue weighted by atomic mass is 9.98. The number of para-hydroxylation sites is 1. The molecule has 0 bridgehead atoms. The summed E-state index contributed by atoms with van der Waals surface area (Å²) in [4.78, 5) is 17.2. The van der Waals surface area contributed by atoms with Crippen LogP contribution in [0.3, 0.4) is 0 Å². The molecule has 23 heavy (non-hydrogen) atoms. The van der Waals surface area contributed by atoms with Crippen molar-refractivity contribution in [3.8, 4) is 11.8 Å². The van der Waals surface area contributed by atoms with Crippen molar-refractivity contribution in [2.45, 2.75) is 18.6 Å². The van der Waals surface area contributed by atoms with Crippen LogP contribution in [0.15, 0.2) is 24.3 Å². The van der Waals surface area contributed by atoms with E-state index in [0.29, 0.717) is 24.5 Å². The highest BCUT2D eigenvalue weighted by Gasteiger charge is 2.39. The molecule has 0 saturated carbocycles. The fourth-order valence-electron chi connectivity index (χ4n) is 3.32. The number of benzene rings is 1. The molecule has 0 aliphatic carbocycles. The number of rotatable bonds is 3. The maximum Gasteiger partial charge on any atom is 0.258 e. The number of carbonyl (C=O) groups is 1. The van der Waals surface area contributed by atoms with E-state index in [-0.39, 0.29) is 24.7 Å². The van der Waals surface area contributed by atoms with E-state index >= 15 is 0 Å². The number of hydrogen-bond acceptors (Lipinski definition) is 5. The molecule has 1 aromatic carbocycles. The molecule has 6 heteroatoms. The highest BCUT2D eigenvalue weighted by molar-refractivity contribution is 5.97. The van der Waals surface area contributed by atoms with E-state index < -0.39 is 0 Å². The quantitative estimate of drug-likeness (QED) is 0.837. The minimum absolute atomic E-state index is 0.0489. The van der Waals surface area contributed by atoms with Crippen molar-refractivity contribution in [3.63, 3.8) is 0 Å². The summed E-state index contributed by atoms with van der Waals surface area (Å²) < 4.78 is 11.3. The van der Waals surface area contributed by atoms with Gasteiger partial charge in [0.05, 0.1) is 24.3 Å². The van der Waals surface area contributed by atoms with Crippen LogP contribution in [0.25, 0.3) is 0 Å². The molecule has 3 rings (SSSR count). The first-order chi connectivity index (χ1) is 11.2. The van der Waals surface area contributed by atoms with Gasteiger partial charge in [0.2, 0.25) is 0 Å². The van der Waals surface area contributed by atoms with Gasteiger partial charge in [-0.2, -0.15) is 5.26 Å². The molecule has 0 unspecified atom stereocenters. The van der Waals surface area contributed by atoms with Gasteiger partial charge < -0.3 is 19.3 Å². The van der Waals surface area contributed by atoms with Gasteiger partial charge in [-0.15, -0.1) is 0 Å². The van der Waals surface area contributed by atoms with Crippen LogP contribution in [0.1, 0.15) is 16.8 Å². The Kier molecular flexibility index (Phi) is 4.79. The number of nitrogens with zero attached hydrogens (tertiary/aromatic N) is 3. The van der Waals surface area contributed by atoms with Gasteiger partial charge in [-0.3, -0.25) is 4.79 Å². The van der Waals surface area contributed by atoms with Crippen LogP contribution in [-0.4, -0.2) is 67.7 Å². The Bertz CT molecular complexity index is 613. The van der Waals surface area contributed by atoms with E-state index in [2.05, 4.69) is 11.9 Å². The Hall–Kier alpha value is -2.10. The average molecular weight is 315 g/mol. The Labute approximate surface area is 136 Å². The summed E-state index contributed by atoms with van der Waals surface area (Å²) in [5.74, 6) is 0.415. The zero-order valence-electron chi connectivity index (χ0n) is 13.3. The molecule has 2 fully saturated rings. The van der Waals surface area contributed by atoms with Crippen LogP contribution < -0.4 is 4.74 Å². The zero-order chi connectivity index (χ0) is 16.2. The number of ether oxygens (including phenoxy) is 2. The van der Waals surface area contributed by atoms with Gasteiger partial charge >= 0.3 is 0 Å². The molecule has 1 aromatic rings. The second kappa shape index (κ2) is 6.99. The third-order valence-electron chi connectivity index (χ3n) is 4.46. The van der Waals surface area contributed by atoms with Crippen molar-refractivity contribution in [1.82, 2.24) is 9.80 Å². The fraction of sp³-hybridized carbons (Fsp3) is 0.529. The van der Waals surface area contributed by atoms with Crippen molar-refractivity contribution < 1.29 is 14.3 Å². The summed E-state index contributed by atoms with van der Waals surface area (Å²) in [7, 11) is 2.07. The lowest BCUT2D eigenvalue weighted by molar-refractivity contribution is -0.0870. The van der Waals surface area contributed by atoms with Crippen molar-refractivity contribution >= 4 is 5.91 Å². The predicted octanol–water partition coefficient (Wildman–Crippen LogP) is 1.13. The Morgan fingerprint density at radius 1 is 1.43 bits per heavy atom. The molecule has 0 radical (unpaired) electrons. The Morgan fingerprint density at radius 3 is 3.09 bits per heavy atom. The smallest absolute Gasteiger partial charge is 0.258 e. The largest absolute Gasteiger partial charge is 0.478 e. The average Bonchev–Trinajstić information content (AvgIpc) is 2.59. The van der Waals surface area contributed by atoms with E-state index in [1.54, 1.807) is 18.2 Å². The van der Waals surface area contributed by atoms with Gasteiger partial charge in [0, 0.05) is 19.6 Å². The number of likely N-dealkylation sites (N-methyl/N-ethyl adjacent to an activating group) is 1. The predicted molar refractivity (Wildman–Crippen MR) is 84.2 cm³/mol. The first kappa shape index (κ1) is 15.8. The molecule has 6 nitrogen and oxygen atoms in total. The molecule has 0 N–H and O–H groups in total. The standard InChI is InChI=1S/C17H21N3O3/c1-19-8-6-16-14(12-19)20(9-11-23-16)17(21)13-4-2-3-5-15(13)22-10-7-18/h2-5,14,16H,6,8-12H2,1H3/t14-,16+/m0/s1. The Morgan fingerprint density at radius 2 is 2.26 bits per heavy atom. The van der Waals surface area contributed by atoms with Crippen molar-refractivity contribution in [3.05, 3.63) is 29.8 Å². The van der Waals surface area contributed by atoms with Crippen LogP contribution in [0.5, 0.6) is 5.75 Å². The fourth-order valence-corrected chi connectivity index (χ4v) is 3.32. The minimum atomic E-state index is -0.0673. The maximum absolute atomic E-state index is 13.0. The molecule has 1 amide bonds. The second-order valence-electron chi connectivity index (χ2n) is 5.97. The first-order valence-electron chi connectivity index (χ1n) is 7.90. The topological polar surface area (TPSA) is 65.8 Å². The lowest BCUT2D eigenvalue weighted by Gasteiger charge is -2.46. The first-order valence-corrected chi connectivity index (χ1v) is 7.90. The summed E-state index contributed by atoms with van der Waals surface area (Å²) >= 11 is 0. The lowest BCUT2D eigenvalue weighted by Crippen LogP contribution is -2.60. The summed E-state index contributed by atoms with van der Waals surface area (Å²) in [5, 5.41) is 8.70. The van der Waals surface area contributed by atoms with E-state index in [1.807, 2.05) is 17.0 Å². The van der Waals surface area contributed by atoms with Crippen LogP contribution >= 0.6 is 0 Å². The van der Waals surface area contributed by atoms with Gasteiger partial charge in [0.1, 0.15) is 11.8 Å². The SMILES string of the molecule is CN1CC[C@H]2OCCN(C(=O)c3ccccc3OCC#N)[C@H]2C1. The van der Waals surface area contributed by atoms with Gasteiger partial charge in [0.15, 0.2) is 6.61 Å². The maximum atomic E-state index is 13.0. The van der Waals surface area contributed by atoms with Crippen LogP contribution in [0.4, 0.5) is 0 Å². The number of morpholine rings is 1. The zero-order valence-corrected chi connectivity index (χ0v) is 13.3. The molecule has 2 atom stereocenters. The molecule has 2 heterocycles. The summed E-state index contributed by atoms with van der Waals surface area (Å²) in [5.41, 5.74) is 0.511. The van der Waals surface area contributed by atoms with Gasteiger partial charge in [-0.05, 0) is 25.6 Å². The number of carbonyl (C=O) groups excluding carboxylic acids is 1. The molecule has 0 spiro atoms. The van der Waals surface area contributed by atoms with Crippen molar-refractivity contribution in [2.75, 3.05) is 39.9 Å². The number of nitriles is 1. The van der Waals surface area contributed by atoms with Crippen molar-refractivity contribution in [1.29, 1.82) is 5.26 Å². The third kappa shape index (κ3) is 3.31. The number of amides is 1. The Balaban J connectivity index is 1.83. The van der Waals surface area contributed by atoms with Crippen molar-refractivity contribution in [2.24, 2.45) is 0 Å². The molecular weight excluding hydrogens is 294 g/mol. The van der Waals surface area contributed by atoms with Crippen LogP contribution in [0, 0.1) is 11.3 Å². The number of hydrogen-bond donors (Lipinski definition) is 0. The van der Waals surface area contributed by atoms with Gasteiger partial charge in [-0.25, -0.2) is 0 Å². The summed E-state index contributed by atoms with van der Waals surface area (Å²) in [6, 6.07) is 9.12. The van der Waals surface area contributed by atoms with Crippen LogP contribution in [-0.2, 0) is 4.74 Å². The van der Waals surface area contributed by atoms with Crippen LogP contribution in [0.2, 0.25) is 0 Å². The molecular formula is C17H21N3O3. The van der Waals surface area contributed by atoms with E-state index in [0.717, 1.165) is 19.5 Å². The second-order valence-corrected chi connectivity index (χ2v) is 5.97. The number of fused-ring (bicyclic) bond motifs is 1. The van der Waals surface area contributed by atoms with E-state index in [1.165, 1.54) is 0 Å². The highest BCUT2D eigenvalue weighted by atomic mass is 16.5. The monoisotopic (exact) mass is 315 g/mol. The number of piperidine rings is 1. The molecule has 0 aromatic heterocycles. The number of likely N-dealkylation sites (tertiary alicyclic amines) is 1. The minimum Gasteiger partial charge on any atom is -0.478 e. The molecule has 122 valence electrons. The van der Waals surface area contributed by atoms with E-state index in [9.17, 15) is 4.79 Å². The van der Waals surface area contributed by atoms with E-state index in [4.69, 9.17) is 14.7 Å². The molecule has 2 aliphatic heterocycles. The molecule has 2 aliphatic rings. The summed E-state index contributed by atoms with van der Waals surface area (Å²) in [6.07, 6.45) is 1.05. The molecule has 2 saturated heterocycles. The third-order valence-corrected chi connectivity index (χ3v) is 4.46. The van der Waals surface area contributed by atoms with Gasteiger partial charge in [-0.1, -0.05) is 12.1 Å². The summed E-state index contributed by atoms with van der Waals surface area (Å²) in [6.45, 7) is 2.89. The van der Waals surface area contributed by atoms with Gasteiger partial charge in [0.25, 0.3) is 5.91 Å².